The Hall–Kier alpha value is -3.59. The molecule has 0 saturated carbocycles. The first-order valence-electron chi connectivity index (χ1n) is 9.19. The molecule has 0 amide bonds. The van der Waals surface area contributed by atoms with Crippen molar-refractivity contribution in [1.29, 1.82) is 5.41 Å². The van der Waals surface area contributed by atoms with E-state index < -0.39 is 11.9 Å². The molecular weight excluding hydrogens is 448 g/mol. The third kappa shape index (κ3) is 7.80. The molecule has 10 heteroatoms. The molecule has 0 aliphatic heterocycles. The molecule has 2 aromatic carbocycles. The lowest BCUT2D eigenvalue weighted by Gasteiger charge is -2.09. The third-order valence-corrected chi connectivity index (χ3v) is 4.63. The number of hydrogen-bond acceptors (Lipinski definition) is 7. The minimum Gasteiger partial charge on any atom is -0.465 e. The topological polar surface area (TPSA) is 161 Å². The van der Waals surface area contributed by atoms with Gasteiger partial charge in [0.05, 0.1) is 25.3 Å². The number of oxime groups is 1. The number of nitrogens with one attached hydrogen (secondary N) is 1. The number of halogens is 1. The predicted molar refractivity (Wildman–Crippen MR) is 132 cm³/mol. The van der Waals surface area contributed by atoms with Gasteiger partial charge in [0.1, 0.15) is 5.84 Å². The number of nitrogens with zero attached hydrogens (tertiary/aromatic N) is 1. The van der Waals surface area contributed by atoms with Crippen LogP contribution in [0.25, 0.3) is 0 Å². The number of ether oxygens (including phenoxy) is 2. The number of esters is 2. The van der Waals surface area contributed by atoms with E-state index in [9.17, 15) is 9.59 Å². The molecule has 0 fully saturated rings. The second kappa shape index (κ2) is 13.7. The van der Waals surface area contributed by atoms with Crippen LogP contribution in [0.2, 0.25) is 0 Å². The molecule has 0 unspecified atom stereocenters. The Morgan fingerprint density at radius 2 is 1.12 bits per heavy atom. The molecule has 0 spiro atoms. The van der Waals surface area contributed by atoms with Gasteiger partial charge in [-0.15, -0.1) is 12.4 Å². The van der Waals surface area contributed by atoms with Crippen molar-refractivity contribution in [2.24, 2.45) is 16.6 Å². The van der Waals surface area contributed by atoms with E-state index in [1.807, 2.05) is 26.8 Å². The number of amidine groups is 2. The molecule has 2 rings (SSSR count). The Bertz CT molecular complexity index is 1050. The summed E-state index contributed by atoms with van der Waals surface area (Å²) in [6, 6.07) is 6.77. The zero-order valence-corrected chi connectivity index (χ0v) is 19.7. The Morgan fingerprint density at radius 3 is 1.45 bits per heavy atom. The summed E-state index contributed by atoms with van der Waals surface area (Å²) in [5.74, 6) is -0.917. The summed E-state index contributed by atoms with van der Waals surface area (Å²) in [6.07, 6.45) is 0. The number of nitrogen functional groups attached to an aromatic ring is 1. The number of hydrogen-bond donors (Lipinski definition) is 4. The van der Waals surface area contributed by atoms with Crippen LogP contribution in [0.15, 0.2) is 29.4 Å². The molecule has 0 heterocycles. The number of carbonyl (C=O) groups is 2. The third-order valence-electron chi connectivity index (χ3n) is 4.63. The normalized spacial score (nSPS) is 9.94. The van der Waals surface area contributed by atoms with E-state index in [0.29, 0.717) is 22.3 Å². The van der Waals surface area contributed by atoms with E-state index in [1.54, 1.807) is 25.1 Å². The lowest BCUT2D eigenvalue weighted by Crippen LogP contribution is -2.16. The van der Waals surface area contributed by atoms with Crippen LogP contribution in [0, 0.1) is 33.1 Å². The van der Waals surface area contributed by atoms with Crippen molar-refractivity contribution < 1.29 is 24.3 Å². The summed E-state index contributed by atoms with van der Waals surface area (Å²) in [5, 5.41) is 18.9. The molecule has 33 heavy (non-hydrogen) atoms. The molecule has 9 nitrogen and oxygen atoms in total. The molecule has 0 saturated heterocycles. The van der Waals surface area contributed by atoms with Crippen LogP contribution in [0.5, 0.6) is 0 Å². The van der Waals surface area contributed by atoms with Crippen LogP contribution in [0.4, 0.5) is 0 Å². The summed E-state index contributed by atoms with van der Waals surface area (Å²) < 4.78 is 9.28. The van der Waals surface area contributed by atoms with Gasteiger partial charge in [-0.3, -0.25) is 5.41 Å². The van der Waals surface area contributed by atoms with Crippen molar-refractivity contribution >= 4 is 36.0 Å². The number of carbonyl (C=O) groups excluding carboxylic acids is 2. The molecule has 0 bridgehead atoms. The fraction of sp³-hybridized carbons (Fsp3) is 0.304. The van der Waals surface area contributed by atoms with Crippen LogP contribution in [0.3, 0.4) is 0 Å². The summed E-state index contributed by atoms with van der Waals surface area (Å²) in [7, 11) is 2.64. The van der Waals surface area contributed by atoms with Gasteiger partial charge < -0.3 is 26.1 Å². The molecule has 0 aromatic heterocycles. The lowest BCUT2D eigenvalue weighted by atomic mass is 9.99. The minimum absolute atomic E-state index is 0. The Morgan fingerprint density at radius 1 is 0.788 bits per heavy atom. The summed E-state index contributed by atoms with van der Waals surface area (Å²) in [6.45, 7) is 7.30. The molecular formula is C23H33ClN4O5. The number of benzene rings is 2. The molecule has 0 aliphatic carbocycles. The SMILES string of the molecule is C.COC(=O)c1cc(/C(N)=N/O)c(C)cc1C.COC(=O)c1cc(C(=N)N)c(C)cc1C.Cl. The molecule has 0 radical (unpaired) electrons. The quantitative estimate of drug-likeness (QED) is 0.171. The van der Waals surface area contributed by atoms with E-state index in [-0.39, 0.29) is 31.5 Å². The smallest absolute Gasteiger partial charge is 0.338 e. The van der Waals surface area contributed by atoms with Gasteiger partial charge in [-0.05, 0) is 62.1 Å². The van der Waals surface area contributed by atoms with Crippen LogP contribution < -0.4 is 11.5 Å². The maximum atomic E-state index is 11.4. The zero-order valence-electron chi connectivity index (χ0n) is 18.9. The van der Waals surface area contributed by atoms with Gasteiger partial charge in [0.2, 0.25) is 0 Å². The van der Waals surface area contributed by atoms with Crippen LogP contribution in [-0.4, -0.2) is 43.0 Å². The Balaban J connectivity index is 0. The molecule has 0 atom stereocenters. The maximum Gasteiger partial charge on any atom is 0.338 e. The largest absolute Gasteiger partial charge is 0.465 e. The predicted octanol–water partition coefficient (Wildman–Crippen LogP) is 3.62. The van der Waals surface area contributed by atoms with Crippen LogP contribution >= 0.6 is 12.4 Å². The molecule has 2 aromatic rings. The highest BCUT2D eigenvalue weighted by molar-refractivity contribution is 6.02. The minimum atomic E-state index is -0.440. The number of nitrogens with two attached hydrogens (primary N) is 2. The van der Waals surface area contributed by atoms with Crippen molar-refractivity contribution in [1.82, 2.24) is 0 Å². The standard InChI is InChI=1S/C11H14N2O3.C11H14N2O2.CH4.ClH/c1-6-4-7(2)9(11(14)16-3)5-8(6)10(12)13-15;1-6-4-7(2)9(11(14)15-3)5-8(6)10(12)13;;/h4-5,15H,1-3H3,(H2,12,13);4-5H,1-3H3,(H3,12,13);1H4;1H. The van der Waals surface area contributed by atoms with E-state index in [4.69, 9.17) is 22.1 Å². The first-order valence-corrected chi connectivity index (χ1v) is 9.19. The van der Waals surface area contributed by atoms with Crippen molar-refractivity contribution in [3.63, 3.8) is 0 Å². The fourth-order valence-corrected chi connectivity index (χ4v) is 2.98. The fourth-order valence-electron chi connectivity index (χ4n) is 2.98. The van der Waals surface area contributed by atoms with Gasteiger partial charge in [0, 0.05) is 11.1 Å². The second-order valence-electron chi connectivity index (χ2n) is 6.85. The number of methoxy groups -OCH3 is 2. The van der Waals surface area contributed by atoms with Gasteiger partial charge in [0.15, 0.2) is 5.84 Å². The summed E-state index contributed by atoms with van der Waals surface area (Å²) in [5.41, 5.74) is 16.2. The zero-order chi connectivity index (χ0) is 23.9. The van der Waals surface area contributed by atoms with Crippen LogP contribution in [-0.2, 0) is 9.47 Å². The van der Waals surface area contributed by atoms with Gasteiger partial charge >= 0.3 is 11.9 Å². The summed E-state index contributed by atoms with van der Waals surface area (Å²) >= 11 is 0. The molecule has 0 aliphatic rings. The second-order valence-corrected chi connectivity index (χ2v) is 6.85. The van der Waals surface area contributed by atoms with Gasteiger partial charge in [-0.25, -0.2) is 9.59 Å². The highest BCUT2D eigenvalue weighted by Gasteiger charge is 2.14. The Labute approximate surface area is 200 Å². The average Bonchev–Trinajstić information content (AvgIpc) is 2.72. The van der Waals surface area contributed by atoms with E-state index in [0.717, 1.165) is 22.3 Å². The van der Waals surface area contributed by atoms with Crippen molar-refractivity contribution in [3.8, 4) is 0 Å². The van der Waals surface area contributed by atoms with Gasteiger partial charge in [-0.2, -0.15) is 0 Å². The first-order chi connectivity index (χ1) is 14.5. The number of rotatable bonds is 4. The summed E-state index contributed by atoms with van der Waals surface area (Å²) in [4.78, 5) is 22.8. The van der Waals surface area contributed by atoms with Gasteiger partial charge in [-0.1, -0.05) is 24.7 Å². The monoisotopic (exact) mass is 480 g/mol. The van der Waals surface area contributed by atoms with Crippen molar-refractivity contribution in [2.75, 3.05) is 14.2 Å². The van der Waals surface area contributed by atoms with Gasteiger partial charge in [0.25, 0.3) is 0 Å². The highest BCUT2D eigenvalue weighted by Crippen LogP contribution is 2.17. The lowest BCUT2D eigenvalue weighted by molar-refractivity contribution is 0.0591. The van der Waals surface area contributed by atoms with Crippen molar-refractivity contribution in [3.05, 3.63) is 68.8 Å². The van der Waals surface area contributed by atoms with E-state index in [2.05, 4.69) is 14.6 Å². The van der Waals surface area contributed by atoms with E-state index >= 15 is 0 Å². The molecule has 182 valence electrons. The number of aryl methyl sites for hydroxylation is 4. The Kier molecular flexibility index (Phi) is 13.2. The first kappa shape index (κ1) is 31.6. The van der Waals surface area contributed by atoms with Crippen molar-refractivity contribution in [2.45, 2.75) is 35.1 Å². The average molecular weight is 481 g/mol. The molecule has 6 N–H and O–H groups in total. The van der Waals surface area contributed by atoms with E-state index in [1.165, 1.54) is 14.2 Å². The maximum absolute atomic E-state index is 11.4. The van der Waals surface area contributed by atoms with Crippen LogP contribution in [0.1, 0.15) is 61.5 Å². The highest BCUT2D eigenvalue weighted by atomic mass is 35.5.